The van der Waals surface area contributed by atoms with Crippen molar-refractivity contribution < 1.29 is 18.7 Å². The van der Waals surface area contributed by atoms with E-state index >= 15 is 0 Å². The van der Waals surface area contributed by atoms with Crippen LogP contribution in [-0.4, -0.2) is 19.0 Å². The smallest absolute Gasteiger partial charge is 0.363 e. The Bertz CT molecular complexity index is 884. The second-order valence-corrected chi connectivity index (χ2v) is 5.97. The van der Waals surface area contributed by atoms with E-state index in [2.05, 4.69) is 18.8 Å². The SMILES string of the molecule is COc1ccc(/C=C2/N=C(c3ccccc3F)OC2=O)cc1C(C)C. The van der Waals surface area contributed by atoms with Gasteiger partial charge in [-0.15, -0.1) is 0 Å². The first kappa shape index (κ1) is 16.9. The van der Waals surface area contributed by atoms with Crippen molar-refractivity contribution in [3.8, 4) is 5.75 Å². The highest BCUT2D eigenvalue weighted by Gasteiger charge is 2.26. The summed E-state index contributed by atoms with van der Waals surface area (Å²) in [6, 6.07) is 11.7. The standard InChI is InChI=1S/C20H18FNO3/c1-12(2)15-10-13(8-9-18(15)24-3)11-17-20(23)25-19(22-17)14-6-4-5-7-16(14)21/h4-12H,1-3H3/b17-11+. The summed E-state index contributed by atoms with van der Waals surface area (Å²) in [5.74, 6) is -0.0445. The number of benzene rings is 2. The molecule has 5 heteroatoms. The molecule has 0 spiro atoms. The predicted molar refractivity (Wildman–Crippen MR) is 94.1 cm³/mol. The third kappa shape index (κ3) is 3.45. The summed E-state index contributed by atoms with van der Waals surface area (Å²) in [6.45, 7) is 4.13. The average Bonchev–Trinajstić information content (AvgIpc) is 2.95. The highest BCUT2D eigenvalue weighted by atomic mass is 19.1. The molecule has 0 bridgehead atoms. The molecule has 0 aromatic heterocycles. The van der Waals surface area contributed by atoms with Gasteiger partial charge in [0.1, 0.15) is 11.6 Å². The molecule has 0 saturated heterocycles. The zero-order chi connectivity index (χ0) is 18.0. The molecule has 2 aromatic carbocycles. The van der Waals surface area contributed by atoms with Gasteiger partial charge in [-0.3, -0.25) is 0 Å². The Morgan fingerprint density at radius 3 is 2.64 bits per heavy atom. The van der Waals surface area contributed by atoms with Gasteiger partial charge in [-0.2, -0.15) is 0 Å². The average molecular weight is 339 g/mol. The molecule has 1 aliphatic rings. The number of carbonyl (C=O) groups excluding carboxylic acids is 1. The number of rotatable bonds is 4. The lowest BCUT2D eigenvalue weighted by molar-refractivity contribution is -0.129. The van der Waals surface area contributed by atoms with Crippen LogP contribution in [0.25, 0.3) is 6.08 Å². The van der Waals surface area contributed by atoms with Crippen molar-refractivity contribution in [3.05, 3.63) is 70.7 Å². The summed E-state index contributed by atoms with van der Waals surface area (Å²) in [7, 11) is 1.62. The third-order valence-corrected chi connectivity index (χ3v) is 3.90. The van der Waals surface area contributed by atoms with Crippen LogP contribution in [0.15, 0.2) is 53.2 Å². The molecule has 0 unspecified atom stereocenters. The Labute approximate surface area is 145 Å². The molecule has 0 amide bonds. The van der Waals surface area contributed by atoms with Gasteiger partial charge in [0.05, 0.1) is 12.7 Å². The van der Waals surface area contributed by atoms with Crippen molar-refractivity contribution >= 4 is 17.9 Å². The number of cyclic esters (lactones) is 1. The molecule has 0 atom stereocenters. The summed E-state index contributed by atoms with van der Waals surface area (Å²) in [4.78, 5) is 16.2. The fraction of sp³-hybridized carbons (Fsp3) is 0.200. The van der Waals surface area contributed by atoms with Crippen LogP contribution in [0.2, 0.25) is 0 Å². The molecule has 128 valence electrons. The molecule has 25 heavy (non-hydrogen) atoms. The van der Waals surface area contributed by atoms with Crippen LogP contribution in [0, 0.1) is 5.82 Å². The van der Waals surface area contributed by atoms with Crippen LogP contribution in [0.4, 0.5) is 4.39 Å². The number of esters is 1. The van der Waals surface area contributed by atoms with E-state index in [9.17, 15) is 9.18 Å². The molecule has 2 aromatic rings. The molecule has 0 fully saturated rings. The van der Waals surface area contributed by atoms with Crippen molar-refractivity contribution in [1.82, 2.24) is 0 Å². The summed E-state index contributed by atoms with van der Waals surface area (Å²) in [6.07, 6.45) is 1.63. The van der Waals surface area contributed by atoms with Gasteiger partial charge in [-0.25, -0.2) is 14.2 Å². The minimum absolute atomic E-state index is 0.0213. The van der Waals surface area contributed by atoms with Crippen molar-refractivity contribution in [3.63, 3.8) is 0 Å². The van der Waals surface area contributed by atoms with E-state index in [1.165, 1.54) is 12.1 Å². The number of carbonyl (C=O) groups is 1. The molecular weight excluding hydrogens is 321 g/mol. The van der Waals surface area contributed by atoms with Crippen LogP contribution in [0.5, 0.6) is 5.75 Å². The van der Waals surface area contributed by atoms with Crippen LogP contribution >= 0.6 is 0 Å². The lowest BCUT2D eigenvalue weighted by Crippen LogP contribution is -2.07. The molecular formula is C20H18FNO3. The maximum absolute atomic E-state index is 13.8. The number of hydrogen-bond donors (Lipinski definition) is 0. The maximum Gasteiger partial charge on any atom is 0.363 e. The molecule has 0 radical (unpaired) electrons. The quantitative estimate of drug-likeness (QED) is 0.616. The van der Waals surface area contributed by atoms with E-state index < -0.39 is 11.8 Å². The summed E-state index contributed by atoms with van der Waals surface area (Å²) < 4.78 is 24.3. The predicted octanol–water partition coefficient (Wildman–Crippen LogP) is 4.30. The fourth-order valence-corrected chi connectivity index (χ4v) is 2.61. The number of nitrogens with zero attached hydrogens (tertiary/aromatic N) is 1. The van der Waals surface area contributed by atoms with Gasteiger partial charge in [0.15, 0.2) is 5.70 Å². The van der Waals surface area contributed by atoms with Gasteiger partial charge < -0.3 is 9.47 Å². The molecule has 1 aliphatic heterocycles. The van der Waals surface area contributed by atoms with Crippen LogP contribution in [0.1, 0.15) is 36.5 Å². The summed E-state index contributed by atoms with van der Waals surface area (Å²) >= 11 is 0. The second kappa shape index (κ2) is 6.89. The maximum atomic E-state index is 13.8. The van der Waals surface area contributed by atoms with Gasteiger partial charge in [0.2, 0.25) is 5.90 Å². The normalized spacial score (nSPS) is 15.5. The molecule has 0 saturated carbocycles. The van der Waals surface area contributed by atoms with Crippen molar-refractivity contribution in [2.75, 3.05) is 7.11 Å². The van der Waals surface area contributed by atoms with Crippen molar-refractivity contribution in [1.29, 1.82) is 0 Å². The van der Waals surface area contributed by atoms with E-state index in [1.54, 1.807) is 25.3 Å². The highest BCUT2D eigenvalue weighted by molar-refractivity contribution is 6.12. The Morgan fingerprint density at radius 1 is 1.20 bits per heavy atom. The lowest BCUT2D eigenvalue weighted by atomic mass is 9.99. The first-order valence-electron chi connectivity index (χ1n) is 7.95. The summed E-state index contributed by atoms with van der Waals surface area (Å²) in [5.41, 5.74) is 2.13. The first-order chi connectivity index (χ1) is 12.0. The van der Waals surface area contributed by atoms with Gasteiger partial charge in [0.25, 0.3) is 0 Å². The Balaban J connectivity index is 1.97. The van der Waals surface area contributed by atoms with E-state index in [0.29, 0.717) is 0 Å². The van der Waals surface area contributed by atoms with E-state index in [0.717, 1.165) is 16.9 Å². The van der Waals surface area contributed by atoms with E-state index in [-0.39, 0.29) is 23.1 Å². The number of aliphatic imine (C=N–C) groups is 1. The van der Waals surface area contributed by atoms with Crippen molar-refractivity contribution in [2.24, 2.45) is 4.99 Å². The number of halogens is 1. The van der Waals surface area contributed by atoms with E-state index in [1.807, 2.05) is 18.2 Å². The van der Waals surface area contributed by atoms with Gasteiger partial charge in [-0.1, -0.05) is 32.0 Å². The minimum atomic E-state index is -0.597. The molecule has 3 rings (SSSR count). The number of hydrogen-bond acceptors (Lipinski definition) is 4. The zero-order valence-electron chi connectivity index (χ0n) is 14.2. The first-order valence-corrected chi connectivity index (χ1v) is 7.95. The van der Waals surface area contributed by atoms with Gasteiger partial charge in [-0.05, 0) is 47.4 Å². The van der Waals surface area contributed by atoms with E-state index in [4.69, 9.17) is 9.47 Å². The topological polar surface area (TPSA) is 47.9 Å². The Hall–Kier alpha value is -2.95. The Morgan fingerprint density at radius 2 is 1.96 bits per heavy atom. The molecule has 0 N–H and O–H groups in total. The molecule has 0 aliphatic carbocycles. The van der Waals surface area contributed by atoms with Crippen LogP contribution < -0.4 is 4.74 Å². The second-order valence-electron chi connectivity index (χ2n) is 5.97. The van der Waals surface area contributed by atoms with Gasteiger partial charge in [0, 0.05) is 0 Å². The number of methoxy groups -OCH3 is 1. The highest BCUT2D eigenvalue weighted by Crippen LogP contribution is 2.29. The minimum Gasteiger partial charge on any atom is -0.496 e. The van der Waals surface area contributed by atoms with Gasteiger partial charge >= 0.3 is 5.97 Å². The molecule has 1 heterocycles. The summed E-state index contributed by atoms with van der Waals surface area (Å²) in [5, 5.41) is 0. The Kier molecular flexibility index (Phi) is 4.65. The zero-order valence-corrected chi connectivity index (χ0v) is 14.2. The van der Waals surface area contributed by atoms with Crippen LogP contribution in [0.3, 0.4) is 0 Å². The lowest BCUT2D eigenvalue weighted by Gasteiger charge is -2.12. The largest absolute Gasteiger partial charge is 0.496 e. The molecule has 4 nitrogen and oxygen atoms in total. The van der Waals surface area contributed by atoms with Crippen molar-refractivity contribution in [2.45, 2.75) is 19.8 Å². The third-order valence-electron chi connectivity index (χ3n) is 3.90. The monoisotopic (exact) mass is 339 g/mol. The number of ether oxygens (including phenoxy) is 2. The fourth-order valence-electron chi connectivity index (χ4n) is 2.61. The van der Waals surface area contributed by atoms with Crippen LogP contribution in [-0.2, 0) is 9.53 Å².